The first-order valence-corrected chi connectivity index (χ1v) is 13.0. The van der Waals surface area contributed by atoms with E-state index in [0.29, 0.717) is 5.41 Å². The number of nitrogens with zero attached hydrogens (tertiary/aromatic N) is 5. The van der Waals surface area contributed by atoms with Gasteiger partial charge in [0.05, 0.1) is 11.1 Å². The Morgan fingerprint density at radius 3 is 2.68 bits per heavy atom. The monoisotopic (exact) mass is 462 g/mol. The van der Waals surface area contributed by atoms with Crippen molar-refractivity contribution in [3.8, 4) is 0 Å². The van der Waals surface area contributed by atoms with Crippen LogP contribution >= 0.6 is 0 Å². The van der Waals surface area contributed by atoms with Crippen LogP contribution in [-0.4, -0.2) is 43.2 Å². The second kappa shape index (κ2) is 8.91. The Balaban J connectivity index is 1.66. The smallest absolute Gasteiger partial charge is 0.253 e. The van der Waals surface area contributed by atoms with Gasteiger partial charge in [0, 0.05) is 12.1 Å². The molecule has 1 N–H and O–H groups in total. The fourth-order valence-corrected chi connectivity index (χ4v) is 6.22. The van der Waals surface area contributed by atoms with E-state index in [-0.39, 0.29) is 17.1 Å². The maximum atomic E-state index is 13.6. The maximum absolute atomic E-state index is 13.6. The molecule has 1 saturated carbocycles. The highest BCUT2D eigenvalue weighted by atomic mass is 16.1. The Morgan fingerprint density at radius 2 is 1.91 bits per heavy atom. The number of hydrogen-bond acceptors (Lipinski definition) is 5. The summed E-state index contributed by atoms with van der Waals surface area (Å²) in [5.41, 5.74) is 2.80. The molecule has 1 unspecified atom stereocenters. The lowest BCUT2D eigenvalue weighted by atomic mass is 9.69. The van der Waals surface area contributed by atoms with E-state index in [0.717, 1.165) is 53.8 Å². The molecule has 1 aliphatic heterocycles. The molecule has 0 amide bonds. The van der Waals surface area contributed by atoms with Crippen molar-refractivity contribution in [3.63, 3.8) is 0 Å². The number of tetrazole rings is 1. The summed E-state index contributed by atoms with van der Waals surface area (Å²) in [5.74, 6) is 0.775. The fraction of sp³-hybridized carbons (Fsp3) is 0.630. The number of para-hydroxylation sites is 1. The van der Waals surface area contributed by atoms with E-state index in [1.54, 1.807) is 0 Å². The first-order valence-electron chi connectivity index (χ1n) is 13.0. The predicted octanol–water partition coefficient (Wildman–Crippen LogP) is 5.10. The lowest BCUT2D eigenvalue weighted by Gasteiger charge is -2.47. The molecule has 5 rings (SSSR count). The average Bonchev–Trinajstić information content (AvgIpc) is 3.31. The van der Waals surface area contributed by atoms with E-state index >= 15 is 0 Å². The van der Waals surface area contributed by atoms with Crippen LogP contribution in [0.25, 0.3) is 10.9 Å². The topological polar surface area (TPSA) is 79.7 Å². The summed E-state index contributed by atoms with van der Waals surface area (Å²) in [6.45, 7) is 10.5. The van der Waals surface area contributed by atoms with Crippen LogP contribution in [0.3, 0.4) is 0 Å². The van der Waals surface area contributed by atoms with E-state index < -0.39 is 0 Å². The molecule has 1 atom stereocenters. The van der Waals surface area contributed by atoms with Crippen molar-refractivity contribution in [2.45, 2.75) is 90.6 Å². The number of aryl methyl sites for hydroxylation is 1. The van der Waals surface area contributed by atoms with Crippen molar-refractivity contribution in [1.82, 2.24) is 30.1 Å². The van der Waals surface area contributed by atoms with Gasteiger partial charge < -0.3 is 4.98 Å². The minimum absolute atomic E-state index is 0.0427. The molecule has 182 valence electrons. The molecule has 3 aromatic rings. The Morgan fingerprint density at radius 1 is 1.15 bits per heavy atom. The molecule has 2 aromatic heterocycles. The van der Waals surface area contributed by atoms with E-state index in [4.69, 9.17) is 0 Å². The third kappa shape index (κ3) is 4.08. The van der Waals surface area contributed by atoms with Gasteiger partial charge in [-0.25, -0.2) is 4.68 Å². The number of hydrogen-bond donors (Lipinski definition) is 1. The van der Waals surface area contributed by atoms with E-state index in [1.165, 1.54) is 38.5 Å². The minimum Gasteiger partial charge on any atom is -0.321 e. The second-order valence-electron chi connectivity index (χ2n) is 11.2. The van der Waals surface area contributed by atoms with Crippen molar-refractivity contribution in [1.29, 1.82) is 0 Å². The lowest BCUT2D eigenvalue weighted by molar-refractivity contribution is 0.0326. The van der Waals surface area contributed by atoms with E-state index in [9.17, 15) is 4.79 Å². The zero-order valence-corrected chi connectivity index (χ0v) is 21.1. The van der Waals surface area contributed by atoms with Crippen molar-refractivity contribution in [2.75, 3.05) is 13.1 Å². The summed E-state index contributed by atoms with van der Waals surface area (Å²) in [5, 5.41) is 14.2. The molecular formula is C27H38N6O. The number of pyridine rings is 1. The van der Waals surface area contributed by atoms with Gasteiger partial charge in [0.2, 0.25) is 0 Å². The van der Waals surface area contributed by atoms with Gasteiger partial charge in [-0.05, 0) is 92.3 Å². The van der Waals surface area contributed by atoms with Crippen LogP contribution in [0.4, 0.5) is 0 Å². The highest BCUT2D eigenvalue weighted by Crippen LogP contribution is 2.45. The predicted molar refractivity (Wildman–Crippen MR) is 135 cm³/mol. The van der Waals surface area contributed by atoms with Crippen molar-refractivity contribution in [2.24, 2.45) is 5.41 Å². The van der Waals surface area contributed by atoms with Crippen LogP contribution in [0.2, 0.25) is 0 Å². The summed E-state index contributed by atoms with van der Waals surface area (Å²) in [4.78, 5) is 19.3. The summed E-state index contributed by atoms with van der Waals surface area (Å²) >= 11 is 0. The molecule has 1 spiro atoms. The summed E-state index contributed by atoms with van der Waals surface area (Å²) in [6.07, 6.45) is 9.88. The molecule has 1 saturated heterocycles. The van der Waals surface area contributed by atoms with Crippen LogP contribution in [0.15, 0.2) is 29.1 Å². The molecule has 34 heavy (non-hydrogen) atoms. The van der Waals surface area contributed by atoms with E-state index in [1.807, 2.05) is 17.7 Å². The maximum Gasteiger partial charge on any atom is 0.253 e. The molecule has 1 aliphatic carbocycles. The third-order valence-electron chi connectivity index (χ3n) is 8.56. The van der Waals surface area contributed by atoms with Crippen LogP contribution in [0, 0.1) is 12.3 Å². The fourth-order valence-electron chi connectivity index (χ4n) is 6.22. The second-order valence-corrected chi connectivity index (χ2v) is 11.2. The number of rotatable bonds is 5. The highest BCUT2D eigenvalue weighted by molar-refractivity contribution is 5.82. The highest BCUT2D eigenvalue weighted by Gasteiger charge is 2.42. The molecule has 7 nitrogen and oxygen atoms in total. The molecular weight excluding hydrogens is 424 g/mol. The first kappa shape index (κ1) is 23.2. The van der Waals surface area contributed by atoms with Crippen molar-refractivity contribution >= 4 is 10.9 Å². The Hall–Kier alpha value is -2.54. The number of benzene rings is 1. The zero-order valence-electron chi connectivity index (χ0n) is 21.1. The van der Waals surface area contributed by atoms with Gasteiger partial charge >= 0.3 is 0 Å². The standard InChI is InChI=1S/C27H38N6O/c1-5-26(3,4)33-24(29-30-31-33)23(32-16-10-15-27(18-32)13-7-6-8-14-27)21-17-20-12-9-11-19(2)22(20)28-25(21)34/h9,11-12,17,23H,5-8,10,13-16,18H2,1-4H3,(H,28,34). The Kier molecular flexibility index (Phi) is 6.09. The number of nitrogens with one attached hydrogen (secondary N) is 1. The van der Waals surface area contributed by atoms with Gasteiger partial charge in [-0.3, -0.25) is 9.69 Å². The summed E-state index contributed by atoms with van der Waals surface area (Å²) in [7, 11) is 0. The van der Waals surface area contributed by atoms with Gasteiger partial charge in [0.25, 0.3) is 5.56 Å². The van der Waals surface area contributed by atoms with Gasteiger partial charge in [-0.2, -0.15) is 0 Å². The summed E-state index contributed by atoms with van der Waals surface area (Å²) < 4.78 is 1.96. The van der Waals surface area contributed by atoms with Crippen molar-refractivity contribution < 1.29 is 0 Å². The van der Waals surface area contributed by atoms with Crippen LogP contribution < -0.4 is 5.56 Å². The Bertz CT molecular complexity index is 1210. The number of fused-ring (bicyclic) bond motifs is 1. The van der Waals surface area contributed by atoms with Gasteiger partial charge in [0.15, 0.2) is 5.82 Å². The molecule has 2 aliphatic rings. The number of likely N-dealkylation sites (tertiary alicyclic amines) is 1. The van der Waals surface area contributed by atoms with Crippen LogP contribution in [-0.2, 0) is 5.54 Å². The molecule has 1 aromatic carbocycles. The number of H-pyrrole nitrogens is 1. The van der Waals surface area contributed by atoms with Gasteiger partial charge in [0.1, 0.15) is 6.04 Å². The Labute approximate surface area is 201 Å². The van der Waals surface area contributed by atoms with Crippen LogP contribution in [0.5, 0.6) is 0 Å². The summed E-state index contributed by atoms with van der Waals surface area (Å²) in [6, 6.07) is 7.98. The third-order valence-corrected chi connectivity index (χ3v) is 8.56. The SMILES string of the molecule is CCC(C)(C)n1nnnc1C(c1cc2cccc(C)c2[nH]c1=O)N1CCCC2(CCCCC2)C1. The quantitative estimate of drug-likeness (QED) is 0.570. The molecule has 3 heterocycles. The zero-order chi connectivity index (χ0) is 23.9. The molecule has 0 bridgehead atoms. The van der Waals surface area contributed by atoms with Gasteiger partial charge in [-0.15, -0.1) is 5.10 Å². The number of piperidine rings is 1. The largest absolute Gasteiger partial charge is 0.321 e. The molecule has 0 radical (unpaired) electrons. The normalized spacial score (nSPS) is 20.1. The number of aromatic amines is 1. The van der Waals surface area contributed by atoms with E-state index in [2.05, 4.69) is 64.4 Å². The molecule has 2 fully saturated rings. The molecule has 7 heteroatoms. The van der Waals surface area contributed by atoms with Gasteiger partial charge in [-0.1, -0.05) is 44.4 Å². The lowest BCUT2D eigenvalue weighted by Crippen LogP contribution is -2.48. The average molecular weight is 463 g/mol. The minimum atomic E-state index is -0.270. The van der Waals surface area contributed by atoms with Crippen molar-refractivity contribution in [3.05, 3.63) is 51.6 Å². The van der Waals surface area contributed by atoms with Crippen LogP contribution in [0.1, 0.15) is 95.1 Å². The first-order chi connectivity index (χ1) is 16.3. The number of aromatic nitrogens is 5.